The maximum absolute atomic E-state index is 12.7. The first kappa shape index (κ1) is 19.5. The minimum Gasteiger partial charge on any atom is -0.399 e. The maximum atomic E-state index is 12.7. The summed E-state index contributed by atoms with van der Waals surface area (Å²) in [5.41, 5.74) is 7.06. The van der Waals surface area contributed by atoms with Crippen LogP contribution in [-0.2, 0) is 9.59 Å². The van der Waals surface area contributed by atoms with Gasteiger partial charge < -0.3 is 16.0 Å². The van der Waals surface area contributed by atoms with Crippen molar-refractivity contribution in [1.82, 2.24) is 10.2 Å². The molecule has 0 radical (unpaired) electrons. The van der Waals surface area contributed by atoms with Gasteiger partial charge in [-0.25, -0.2) is 0 Å². The summed E-state index contributed by atoms with van der Waals surface area (Å²) in [7, 11) is 1.78. The Morgan fingerprint density at radius 1 is 1.40 bits per heavy atom. The summed E-state index contributed by atoms with van der Waals surface area (Å²) in [6.45, 7) is 10.5. The van der Waals surface area contributed by atoms with Crippen LogP contribution in [0.1, 0.15) is 45.4 Å². The van der Waals surface area contributed by atoms with Crippen LogP contribution < -0.4 is 11.1 Å². The highest BCUT2D eigenvalue weighted by atomic mass is 16.2. The highest BCUT2D eigenvalue weighted by molar-refractivity contribution is 5.79. The van der Waals surface area contributed by atoms with Gasteiger partial charge in [-0.1, -0.05) is 39.3 Å². The Morgan fingerprint density at radius 2 is 2.08 bits per heavy atom. The van der Waals surface area contributed by atoms with E-state index in [9.17, 15) is 9.59 Å². The van der Waals surface area contributed by atoms with E-state index in [1.807, 2.05) is 6.92 Å². The van der Waals surface area contributed by atoms with E-state index >= 15 is 0 Å². The van der Waals surface area contributed by atoms with Gasteiger partial charge in [0.1, 0.15) is 0 Å². The molecule has 0 spiro atoms. The summed E-state index contributed by atoms with van der Waals surface area (Å²) >= 11 is 0. The lowest BCUT2D eigenvalue weighted by atomic mass is 9.79. The average molecular weight is 348 g/mol. The van der Waals surface area contributed by atoms with Crippen molar-refractivity contribution in [3.05, 3.63) is 24.4 Å². The lowest BCUT2D eigenvalue weighted by Crippen LogP contribution is -2.41. The number of rotatable bonds is 11. The van der Waals surface area contributed by atoms with Gasteiger partial charge in [0.05, 0.1) is 0 Å². The molecule has 5 heteroatoms. The molecule has 0 aromatic rings. The summed E-state index contributed by atoms with van der Waals surface area (Å²) in [5, 5.41) is 3.23. The van der Waals surface area contributed by atoms with E-state index in [1.165, 1.54) is 19.3 Å². The van der Waals surface area contributed by atoms with E-state index in [-0.39, 0.29) is 17.9 Å². The topological polar surface area (TPSA) is 75.4 Å². The molecule has 4 atom stereocenters. The second kappa shape index (κ2) is 8.54. The molecule has 0 heterocycles. The molecule has 2 saturated carbocycles. The number of allylic oxidation sites excluding steroid dienone is 1. The van der Waals surface area contributed by atoms with Crippen LogP contribution in [0.4, 0.5) is 0 Å². The van der Waals surface area contributed by atoms with Crippen molar-refractivity contribution in [2.45, 2.75) is 51.5 Å². The van der Waals surface area contributed by atoms with Crippen LogP contribution in [0, 0.1) is 23.7 Å². The summed E-state index contributed by atoms with van der Waals surface area (Å²) < 4.78 is 0. The van der Waals surface area contributed by atoms with Gasteiger partial charge >= 0.3 is 0 Å². The number of nitrogens with two attached hydrogens (primary N) is 1. The fraction of sp³-hybridized carbons (Fsp3) is 0.700. The second-order valence-electron chi connectivity index (χ2n) is 8.06. The van der Waals surface area contributed by atoms with E-state index < -0.39 is 0 Å². The van der Waals surface area contributed by atoms with Crippen molar-refractivity contribution in [2.75, 3.05) is 13.6 Å². The minimum atomic E-state index is -0.0247. The van der Waals surface area contributed by atoms with Gasteiger partial charge in [0.2, 0.25) is 12.3 Å². The molecule has 0 aromatic heterocycles. The monoisotopic (exact) mass is 347 g/mol. The van der Waals surface area contributed by atoms with E-state index in [0.29, 0.717) is 29.9 Å². The molecule has 2 amide bonds. The molecule has 3 N–H and O–H groups in total. The average Bonchev–Trinajstić information content (AvgIpc) is 3.28. The number of amides is 2. The van der Waals surface area contributed by atoms with E-state index in [1.54, 1.807) is 11.9 Å². The Bertz CT molecular complexity index is 527. The summed E-state index contributed by atoms with van der Waals surface area (Å²) in [6.07, 6.45) is 7.33. The van der Waals surface area contributed by atoms with E-state index in [4.69, 9.17) is 5.73 Å². The molecule has 25 heavy (non-hydrogen) atoms. The number of nitrogens with zero attached hydrogens (tertiary/aromatic N) is 1. The molecular weight excluding hydrogens is 314 g/mol. The molecule has 0 aromatic carbocycles. The molecule has 2 unspecified atom stereocenters. The largest absolute Gasteiger partial charge is 0.399 e. The van der Waals surface area contributed by atoms with Gasteiger partial charge in [0, 0.05) is 31.2 Å². The molecular formula is C20H33N3O2. The predicted octanol–water partition coefficient (Wildman–Crippen LogP) is 2.44. The van der Waals surface area contributed by atoms with E-state index in [2.05, 4.69) is 18.5 Å². The molecule has 5 nitrogen and oxygen atoms in total. The third-order valence-corrected chi connectivity index (χ3v) is 5.87. The van der Waals surface area contributed by atoms with Gasteiger partial charge in [0.25, 0.3) is 0 Å². The summed E-state index contributed by atoms with van der Waals surface area (Å²) in [6, 6.07) is 0.0860. The zero-order valence-electron chi connectivity index (χ0n) is 15.7. The van der Waals surface area contributed by atoms with Crippen LogP contribution in [-0.4, -0.2) is 36.9 Å². The van der Waals surface area contributed by atoms with Gasteiger partial charge in [-0.3, -0.25) is 9.59 Å². The highest BCUT2D eigenvalue weighted by Gasteiger charge is 2.44. The van der Waals surface area contributed by atoms with Crippen LogP contribution in [0.5, 0.6) is 0 Å². The first-order chi connectivity index (χ1) is 11.8. The number of hydrogen-bond donors (Lipinski definition) is 2. The van der Waals surface area contributed by atoms with Crippen molar-refractivity contribution < 1.29 is 9.59 Å². The molecule has 140 valence electrons. The summed E-state index contributed by atoms with van der Waals surface area (Å²) in [5.74, 6) is 1.61. The SMILES string of the molecule is C=C(N)C(=C)CC(CC1CCC1)NC(=O)C(C)[C@H]1C[C@H]1CN(C)C=O. The Labute approximate surface area is 151 Å². The number of carbonyl (C=O) groups excluding carboxylic acids is 2. The molecule has 0 bridgehead atoms. The number of hydrogen-bond acceptors (Lipinski definition) is 3. The smallest absolute Gasteiger partial charge is 0.223 e. The van der Waals surface area contributed by atoms with Crippen LogP contribution in [0.25, 0.3) is 0 Å². The summed E-state index contributed by atoms with van der Waals surface area (Å²) in [4.78, 5) is 25.1. The number of carbonyl (C=O) groups is 2. The predicted molar refractivity (Wildman–Crippen MR) is 100 cm³/mol. The fourth-order valence-corrected chi connectivity index (χ4v) is 3.79. The van der Waals surface area contributed by atoms with Crippen LogP contribution in [0.15, 0.2) is 24.4 Å². The minimum absolute atomic E-state index is 0.0247. The normalized spacial score (nSPS) is 24.6. The maximum Gasteiger partial charge on any atom is 0.223 e. The van der Waals surface area contributed by atoms with Gasteiger partial charge in [-0.05, 0) is 42.6 Å². The zero-order valence-corrected chi connectivity index (χ0v) is 15.7. The van der Waals surface area contributed by atoms with Crippen molar-refractivity contribution in [1.29, 1.82) is 0 Å². The molecule has 0 saturated heterocycles. The third kappa shape index (κ3) is 5.62. The van der Waals surface area contributed by atoms with Crippen molar-refractivity contribution in [3.8, 4) is 0 Å². The molecule has 2 rings (SSSR count). The van der Waals surface area contributed by atoms with Crippen LogP contribution >= 0.6 is 0 Å². The Kier molecular flexibility index (Phi) is 6.68. The zero-order chi connectivity index (χ0) is 18.6. The lowest BCUT2D eigenvalue weighted by Gasteiger charge is -2.31. The van der Waals surface area contributed by atoms with Gasteiger partial charge in [0.15, 0.2) is 0 Å². The first-order valence-corrected chi connectivity index (χ1v) is 9.40. The molecule has 2 fully saturated rings. The fourth-order valence-electron chi connectivity index (χ4n) is 3.79. The van der Waals surface area contributed by atoms with Crippen LogP contribution in [0.2, 0.25) is 0 Å². The van der Waals surface area contributed by atoms with Gasteiger partial charge in [-0.15, -0.1) is 0 Å². The Morgan fingerprint density at radius 3 is 2.60 bits per heavy atom. The standard InChI is InChI=1S/C20H33N3O2/c1-13(15(3)21)8-18(9-16-6-5-7-16)22-20(25)14(2)19-10-17(19)11-23(4)12-24/h12,14,16-19H,1,3,5-11,21H2,2,4H3,(H,22,25)/t14?,17-,18?,19+/m0/s1. The third-order valence-electron chi connectivity index (χ3n) is 5.87. The van der Waals surface area contributed by atoms with Crippen LogP contribution in [0.3, 0.4) is 0 Å². The molecule has 2 aliphatic rings. The molecule has 2 aliphatic carbocycles. The quantitative estimate of drug-likeness (QED) is 0.445. The lowest BCUT2D eigenvalue weighted by molar-refractivity contribution is -0.126. The highest BCUT2D eigenvalue weighted by Crippen LogP contribution is 2.44. The Balaban J connectivity index is 1.86. The van der Waals surface area contributed by atoms with Crippen molar-refractivity contribution in [2.24, 2.45) is 29.4 Å². The van der Waals surface area contributed by atoms with Crippen molar-refractivity contribution in [3.63, 3.8) is 0 Å². The number of nitrogens with one attached hydrogen (secondary N) is 1. The van der Waals surface area contributed by atoms with Crippen molar-refractivity contribution >= 4 is 12.3 Å². The Hall–Kier alpha value is -1.78. The first-order valence-electron chi connectivity index (χ1n) is 9.40. The van der Waals surface area contributed by atoms with Gasteiger partial charge in [-0.2, -0.15) is 0 Å². The molecule has 0 aliphatic heterocycles. The van der Waals surface area contributed by atoms with E-state index in [0.717, 1.165) is 31.4 Å². The second-order valence-corrected chi connectivity index (χ2v) is 8.06.